The van der Waals surface area contributed by atoms with Crippen LogP contribution in [-0.4, -0.2) is 15.5 Å². The predicted octanol–water partition coefficient (Wildman–Crippen LogP) is 4.51. The molecule has 1 amide bonds. The number of para-hydroxylation sites is 1. The van der Waals surface area contributed by atoms with E-state index in [2.05, 4.69) is 22.4 Å². The maximum absolute atomic E-state index is 12.7. The molecule has 4 rings (SSSR count). The Bertz CT molecular complexity index is 1170. The van der Waals surface area contributed by atoms with Crippen LogP contribution in [0.1, 0.15) is 61.8 Å². The number of carbonyl (C=O) groups is 1. The number of nitriles is 2. The molecule has 6 nitrogen and oxygen atoms in total. The van der Waals surface area contributed by atoms with Crippen molar-refractivity contribution in [2.24, 2.45) is 0 Å². The van der Waals surface area contributed by atoms with Crippen molar-refractivity contribution in [3.63, 3.8) is 0 Å². The maximum atomic E-state index is 12.7. The Hall–Kier alpha value is -3.64. The van der Waals surface area contributed by atoms with Gasteiger partial charge in [-0.3, -0.25) is 4.79 Å². The summed E-state index contributed by atoms with van der Waals surface area (Å²) in [5, 5.41) is 22.2. The lowest BCUT2D eigenvalue weighted by Crippen LogP contribution is -2.30. The smallest absolute Gasteiger partial charge is 0.240 e. The summed E-state index contributed by atoms with van der Waals surface area (Å²) in [6.45, 7) is 2.04. The van der Waals surface area contributed by atoms with E-state index in [4.69, 9.17) is 0 Å². The second-order valence-electron chi connectivity index (χ2n) is 8.32. The van der Waals surface area contributed by atoms with Crippen LogP contribution in [0, 0.1) is 22.7 Å². The van der Waals surface area contributed by atoms with Crippen molar-refractivity contribution in [1.29, 1.82) is 10.5 Å². The second kappa shape index (κ2) is 8.62. The summed E-state index contributed by atoms with van der Waals surface area (Å²) in [5.74, 6) is -0.149. The molecule has 1 aliphatic carbocycles. The lowest BCUT2D eigenvalue weighted by atomic mass is 9.70. The van der Waals surface area contributed by atoms with Gasteiger partial charge < -0.3 is 9.88 Å². The third kappa shape index (κ3) is 4.02. The van der Waals surface area contributed by atoms with Crippen molar-refractivity contribution in [2.45, 2.75) is 57.0 Å². The number of rotatable bonds is 5. The van der Waals surface area contributed by atoms with Gasteiger partial charge >= 0.3 is 0 Å². The van der Waals surface area contributed by atoms with Crippen LogP contribution in [0.5, 0.6) is 0 Å². The van der Waals surface area contributed by atoms with Crippen molar-refractivity contribution < 1.29 is 4.79 Å². The zero-order valence-electron chi connectivity index (χ0n) is 17.6. The first-order chi connectivity index (χ1) is 15.1. The van der Waals surface area contributed by atoms with Crippen molar-refractivity contribution in [2.75, 3.05) is 0 Å². The van der Waals surface area contributed by atoms with E-state index < -0.39 is 0 Å². The highest BCUT2D eigenvalue weighted by molar-refractivity contribution is 5.84. The summed E-state index contributed by atoms with van der Waals surface area (Å²) >= 11 is 0. The molecular formula is C25H25N5O. The molecule has 2 aromatic carbocycles. The Labute approximate surface area is 182 Å². The van der Waals surface area contributed by atoms with E-state index in [0.29, 0.717) is 16.6 Å². The predicted molar refractivity (Wildman–Crippen MR) is 118 cm³/mol. The lowest BCUT2D eigenvalue weighted by molar-refractivity contribution is -0.122. The third-order valence-corrected chi connectivity index (χ3v) is 6.33. The molecule has 1 aliphatic rings. The van der Waals surface area contributed by atoms with E-state index in [1.165, 1.54) is 6.42 Å². The molecule has 0 saturated heterocycles. The van der Waals surface area contributed by atoms with Gasteiger partial charge in [0.2, 0.25) is 5.91 Å². The van der Waals surface area contributed by atoms with E-state index in [-0.39, 0.29) is 23.9 Å². The SMILES string of the molecule is C[C@H](NC(=O)Cn1cnc2cccc(C#N)c21)c1ccc(C2(C#N)CCCCC2)cc1. The summed E-state index contributed by atoms with van der Waals surface area (Å²) < 4.78 is 1.71. The molecule has 3 aromatic rings. The van der Waals surface area contributed by atoms with Crippen molar-refractivity contribution >= 4 is 16.9 Å². The first kappa shape index (κ1) is 20.6. The number of nitrogens with one attached hydrogen (secondary N) is 1. The molecule has 6 heteroatoms. The Morgan fingerprint density at radius 3 is 2.58 bits per heavy atom. The van der Waals surface area contributed by atoms with E-state index >= 15 is 0 Å². The van der Waals surface area contributed by atoms with E-state index in [1.54, 1.807) is 23.0 Å². The van der Waals surface area contributed by atoms with Gasteiger partial charge in [-0.2, -0.15) is 10.5 Å². The summed E-state index contributed by atoms with van der Waals surface area (Å²) in [6, 6.07) is 18.0. The van der Waals surface area contributed by atoms with Crippen molar-refractivity contribution in [1.82, 2.24) is 14.9 Å². The van der Waals surface area contributed by atoms with Gasteiger partial charge in [-0.05, 0) is 43.0 Å². The minimum atomic E-state index is -0.371. The fourth-order valence-electron chi connectivity index (χ4n) is 4.57. The van der Waals surface area contributed by atoms with Gasteiger partial charge in [0.1, 0.15) is 12.6 Å². The van der Waals surface area contributed by atoms with Crippen LogP contribution in [0.3, 0.4) is 0 Å². The zero-order valence-corrected chi connectivity index (χ0v) is 17.6. The maximum Gasteiger partial charge on any atom is 0.240 e. The second-order valence-corrected chi connectivity index (χ2v) is 8.32. The number of aromatic nitrogens is 2. The monoisotopic (exact) mass is 411 g/mol. The molecule has 0 spiro atoms. The highest BCUT2D eigenvalue weighted by Crippen LogP contribution is 2.39. The van der Waals surface area contributed by atoms with E-state index in [1.807, 2.05) is 37.3 Å². The fourth-order valence-corrected chi connectivity index (χ4v) is 4.57. The lowest BCUT2D eigenvalue weighted by Gasteiger charge is -2.31. The molecule has 31 heavy (non-hydrogen) atoms. The molecule has 1 heterocycles. The molecule has 1 N–H and O–H groups in total. The molecule has 0 radical (unpaired) electrons. The van der Waals surface area contributed by atoms with Gasteiger partial charge in [-0.15, -0.1) is 0 Å². The first-order valence-corrected chi connectivity index (χ1v) is 10.7. The van der Waals surface area contributed by atoms with Crippen molar-refractivity contribution in [3.8, 4) is 12.1 Å². The summed E-state index contributed by atoms with van der Waals surface area (Å²) in [4.78, 5) is 17.0. The normalized spacial score (nSPS) is 16.2. The van der Waals surface area contributed by atoms with Crippen LogP contribution in [0.2, 0.25) is 0 Å². The molecule has 1 saturated carbocycles. The number of hydrogen-bond donors (Lipinski definition) is 1. The molecule has 1 atom stereocenters. The molecular weight excluding hydrogens is 386 g/mol. The minimum Gasteiger partial charge on any atom is -0.348 e. The molecule has 0 aliphatic heterocycles. The van der Waals surface area contributed by atoms with Crippen LogP contribution in [0.4, 0.5) is 0 Å². The molecule has 1 aromatic heterocycles. The Kier molecular flexibility index (Phi) is 5.73. The average molecular weight is 412 g/mol. The Morgan fingerprint density at radius 1 is 1.16 bits per heavy atom. The summed E-state index contributed by atoms with van der Waals surface area (Å²) in [7, 11) is 0. The fraction of sp³-hybridized carbons (Fsp3) is 0.360. The quantitative estimate of drug-likeness (QED) is 0.668. The van der Waals surface area contributed by atoms with Crippen LogP contribution in [-0.2, 0) is 16.8 Å². The van der Waals surface area contributed by atoms with E-state index in [9.17, 15) is 15.3 Å². The standard InChI is InChI=1S/C25H25N5O/c1-18(19-8-10-21(11-9-19)25(16-27)12-3-2-4-13-25)29-23(31)15-30-17-28-22-7-5-6-20(14-26)24(22)30/h5-11,17-18H,2-4,12-13,15H2,1H3,(H,29,31)/t18-/m0/s1. The van der Waals surface area contributed by atoms with Crippen LogP contribution < -0.4 is 5.32 Å². The van der Waals surface area contributed by atoms with Gasteiger partial charge in [0, 0.05) is 0 Å². The van der Waals surface area contributed by atoms with E-state index in [0.717, 1.165) is 36.8 Å². The van der Waals surface area contributed by atoms with Gasteiger partial charge in [0.25, 0.3) is 0 Å². The highest BCUT2D eigenvalue weighted by Gasteiger charge is 2.33. The van der Waals surface area contributed by atoms with Gasteiger partial charge in [-0.1, -0.05) is 49.6 Å². The van der Waals surface area contributed by atoms with Gasteiger partial charge in [-0.25, -0.2) is 4.98 Å². The molecule has 0 unspecified atom stereocenters. The minimum absolute atomic E-state index is 0.0924. The van der Waals surface area contributed by atoms with Crippen LogP contribution in [0.15, 0.2) is 48.8 Å². The number of imidazole rings is 1. The molecule has 0 bridgehead atoms. The summed E-state index contributed by atoms with van der Waals surface area (Å²) in [6.07, 6.45) is 6.82. The largest absolute Gasteiger partial charge is 0.348 e. The highest BCUT2D eigenvalue weighted by atomic mass is 16.2. The van der Waals surface area contributed by atoms with Crippen molar-refractivity contribution in [3.05, 3.63) is 65.5 Å². The van der Waals surface area contributed by atoms with Crippen LogP contribution in [0.25, 0.3) is 11.0 Å². The third-order valence-electron chi connectivity index (χ3n) is 6.33. The molecule has 1 fully saturated rings. The number of hydrogen-bond acceptors (Lipinski definition) is 4. The van der Waals surface area contributed by atoms with Crippen LogP contribution >= 0.6 is 0 Å². The Morgan fingerprint density at radius 2 is 1.90 bits per heavy atom. The molecule has 156 valence electrons. The Balaban J connectivity index is 1.45. The first-order valence-electron chi connectivity index (χ1n) is 10.7. The number of nitrogens with zero attached hydrogens (tertiary/aromatic N) is 4. The number of amides is 1. The average Bonchev–Trinajstić information content (AvgIpc) is 3.22. The van der Waals surface area contributed by atoms with Gasteiger partial charge in [0.05, 0.1) is 40.5 Å². The topological polar surface area (TPSA) is 94.5 Å². The summed E-state index contributed by atoms with van der Waals surface area (Å²) in [5.41, 5.74) is 3.57. The zero-order chi connectivity index (χ0) is 21.8. The number of benzene rings is 2. The number of fused-ring (bicyclic) bond motifs is 1. The van der Waals surface area contributed by atoms with Gasteiger partial charge in [0.15, 0.2) is 0 Å². The number of carbonyl (C=O) groups excluding carboxylic acids is 1.